The van der Waals surface area contributed by atoms with E-state index in [1.165, 1.54) is 0 Å². The van der Waals surface area contributed by atoms with E-state index in [0.29, 0.717) is 6.61 Å². The largest absolute Gasteiger partial charge is 0.374 e. The van der Waals surface area contributed by atoms with Gasteiger partial charge in [-0.15, -0.1) is 0 Å². The first-order chi connectivity index (χ1) is 19.4. The molecule has 6 atom stereocenters. The molecule has 0 unspecified atom stereocenters. The number of aliphatic hydroxyl groups is 1. The molecule has 4 N–H and O–H groups in total. The molecule has 1 fully saturated rings. The van der Waals surface area contributed by atoms with Gasteiger partial charge in [0.15, 0.2) is 6.29 Å². The van der Waals surface area contributed by atoms with Gasteiger partial charge in [0.05, 0.1) is 32.5 Å². The zero-order chi connectivity index (χ0) is 28.3. The first kappa shape index (κ1) is 29.9. The summed E-state index contributed by atoms with van der Waals surface area (Å²) >= 11 is 0. The van der Waals surface area contributed by atoms with Crippen LogP contribution in [0.3, 0.4) is 0 Å². The molecule has 0 radical (unpaired) electrons. The average molecular weight is 549 g/mol. The van der Waals surface area contributed by atoms with E-state index >= 15 is 0 Å². The Hall–Kier alpha value is -3.11. The minimum Gasteiger partial charge on any atom is -0.374 e. The SMILES string of the molecule is CC(C)[C@H](N)C(=O)N[C@@H]1[C@@H](OCc2ccccc2)[C@H](OCc2ccccc2)[C@@H](COCc2ccccc2)O[C@H]1O. The Labute approximate surface area is 236 Å². The third kappa shape index (κ3) is 8.44. The third-order valence-electron chi connectivity index (χ3n) is 6.96. The standard InChI is InChI=1S/C32H40N2O6/c1-22(2)27(33)31(35)34-28-30(39-20-25-16-10-5-11-17-25)29(38-19-24-14-8-4-9-15-24)26(40-32(28)36)21-37-18-23-12-6-3-7-13-23/h3-17,22,26-30,32,36H,18-21,33H2,1-2H3,(H,34,35)/t26-,27+,28-,29-,30-,32-/m1/s1. The van der Waals surface area contributed by atoms with Crippen molar-refractivity contribution in [2.75, 3.05) is 6.61 Å². The van der Waals surface area contributed by atoms with E-state index in [4.69, 9.17) is 24.7 Å². The molecule has 1 saturated heterocycles. The van der Waals surface area contributed by atoms with Gasteiger partial charge >= 0.3 is 0 Å². The van der Waals surface area contributed by atoms with E-state index in [9.17, 15) is 9.90 Å². The number of rotatable bonds is 13. The first-order valence-electron chi connectivity index (χ1n) is 13.7. The van der Waals surface area contributed by atoms with Crippen molar-refractivity contribution in [3.8, 4) is 0 Å². The van der Waals surface area contributed by atoms with Gasteiger partial charge in [-0.1, -0.05) is 105 Å². The van der Waals surface area contributed by atoms with Gasteiger partial charge < -0.3 is 35.1 Å². The summed E-state index contributed by atoms with van der Waals surface area (Å²) < 4.78 is 24.9. The Kier molecular flexibility index (Phi) is 11.2. The van der Waals surface area contributed by atoms with Crippen LogP contribution in [-0.4, -0.2) is 54.3 Å². The number of carbonyl (C=O) groups is 1. The molecule has 0 spiro atoms. The highest BCUT2D eigenvalue weighted by molar-refractivity contribution is 5.82. The summed E-state index contributed by atoms with van der Waals surface area (Å²) in [6.45, 7) is 4.81. The van der Waals surface area contributed by atoms with Gasteiger partial charge in [-0.3, -0.25) is 4.79 Å². The van der Waals surface area contributed by atoms with Gasteiger partial charge in [0.2, 0.25) is 5.91 Å². The highest BCUT2D eigenvalue weighted by atomic mass is 16.7. The maximum atomic E-state index is 13.0. The van der Waals surface area contributed by atoms with E-state index in [2.05, 4.69) is 5.32 Å². The van der Waals surface area contributed by atoms with Crippen molar-refractivity contribution < 1.29 is 28.8 Å². The van der Waals surface area contributed by atoms with Crippen LogP contribution < -0.4 is 11.1 Å². The number of hydrogen-bond donors (Lipinski definition) is 3. The molecular weight excluding hydrogens is 508 g/mol. The van der Waals surface area contributed by atoms with Gasteiger partial charge in [-0.2, -0.15) is 0 Å². The summed E-state index contributed by atoms with van der Waals surface area (Å²) in [5.41, 5.74) is 9.07. The van der Waals surface area contributed by atoms with Crippen molar-refractivity contribution in [3.05, 3.63) is 108 Å². The van der Waals surface area contributed by atoms with Crippen LogP contribution in [0, 0.1) is 5.92 Å². The van der Waals surface area contributed by atoms with E-state index < -0.39 is 42.6 Å². The van der Waals surface area contributed by atoms with Crippen molar-refractivity contribution in [1.29, 1.82) is 0 Å². The lowest BCUT2D eigenvalue weighted by atomic mass is 9.95. The van der Waals surface area contributed by atoms with Gasteiger partial charge in [0, 0.05) is 0 Å². The lowest BCUT2D eigenvalue weighted by Gasteiger charge is -2.45. The number of benzene rings is 3. The minimum absolute atomic E-state index is 0.0883. The molecule has 0 aliphatic carbocycles. The second-order valence-corrected chi connectivity index (χ2v) is 10.4. The molecule has 4 rings (SSSR count). The van der Waals surface area contributed by atoms with Crippen LogP contribution in [0.5, 0.6) is 0 Å². The molecule has 214 valence electrons. The fraction of sp³-hybridized carbons (Fsp3) is 0.406. The Morgan fingerprint density at radius 3 is 1.80 bits per heavy atom. The van der Waals surface area contributed by atoms with Crippen LogP contribution in [0.1, 0.15) is 30.5 Å². The topological polar surface area (TPSA) is 112 Å². The van der Waals surface area contributed by atoms with E-state index in [1.807, 2.05) is 105 Å². The maximum absolute atomic E-state index is 13.0. The summed E-state index contributed by atoms with van der Waals surface area (Å²) in [6, 6.07) is 27.6. The number of ether oxygens (including phenoxy) is 4. The predicted octanol–water partition coefficient (Wildman–Crippen LogP) is 3.56. The third-order valence-corrected chi connectivity index (χ3v) is 6.96. The molecule has 1 aliphatic heterocycles. The highest BCUT2D eigenvalue weighted by Crippen LogP contribution is 2.28. The lowest BCUT2D eigenvalue weighted by molar-refractivity contribution is -0.278. The fourth-order valence-corrected chi connectivity index (χ4v) is 4.57. The van der Waals surface area contributed by atoms with Crippen LogP contribution in [0.4, 0.5) is 0 Å². The number of aliphatic hydroxyl groups excluding tert-OH is 1. The summed E-state index contributed by atoms with van der Waals surface area (Å²) in [5.74, 6) is -0.480. The van der Waals surface area contributed by atoms with Gasteiger partial charge in [-0.05, 0) is 22.6 Å². The Morgan fingerprint density at radius 1 is 0.825 bits per heavy atom. The summed E-state index contributed by atoms with van der Waals surface area (Å²) in [6.07, 6.45) is -3.42. The number of amides is 1. The number of hydrogen-bond acceptors (Lipinski definition) is 7. The van der Waals surface area contributed by atoms with Crippen molar-refractivity contribution in [3.63, 3.8) is 0 Å². The van der Waals surface area contributed by atoms with Crippen molar-refractivity contribution in [1.82, 2.24) is 5.32 Å². The summed E-state index contributed by atoms with van der Waals surface area (Å²) in [7, 11) is 0. The van der Waals surface area contributed by atoms with Gasteiger partial charge in [0.25, 0.3) is 0 Å². The van der Waals surface area contributed by atoms with Crippen molar-refractivity contribution >= 4 is 5.91 Å². The van der Waals surface area contributed by atoms with Crippen LogP contribution in [0.25, 0.3) is 0 Å². The molecule has 1 aliphatic rings. The smallest absolute Gasteiger partial charge is 0.237 e. The highest BCUT2D eigenvalue weighted by Gasteiger charge is 2.48. The van der Waals surface area contributed by atoms with Crippen molar-refractivity contribution in [2.45, 2.75) is 70.4 Å². The van der Waals surface area contributed by atoms with Crippen LogP contribution in [0.2, 0.25) is 0 Å². The zero-order valence-corrected chi connectivity index (χ0v) is 23.1. The van der Waals surface area contributed by atoms with E-state index in [1.54, 1.807) is 0 Å². The quantitative estimate of drug-likeness (QED) is 0.299. The summed E-state index contributed by atoms with van der Waals surface area (Å²) in [5, 5.41) is 14.0. The van der Waals surface area contributed by atoms with E-state index in [-0.39, 0.29) is 25.7 Å². The monoisotopic (exact) mass is 548 g/mol. The van der Waals surface area contributed by atoms with Crippen LogP contribution >= 0.6 is 0 Å². The lowest BCUT2D eigenvalue weighted by Crippen LogP contribution is -2.67. The molecule has 1 heterocycles. The zero-order valence-electron chi connectivity index (χ0n) is 23.1. The molecule has 8 nitrogen and oxygen atoms in total. The molecular formula is C32H40N2O6. The molecule has 0 aromatic heterocycles. The van der Waals surface area contributed by atoms with Crippen molar-refractivity contribution in [2.24, 2.45) is 11.7 Å². The van der Waals surface area contributed by atoms with Gasteiger partial charge in [0.1, 0.15) is 24.4 Å². The second kappa shape index (κ2) is 15.0. The Balaban J connectivity index is 1.57. The Bertz CT molecular complexity index is 1150. The molecule has 40 heavy (non-hydrogen) atoms. The first-order valence-corrected chi connectivity index (χ1v) is 13.7. The molecule has 8 heteroatoms. The molecule has 0 bridgehead atoms. The van der Waals surface area contributed by atoms with E-state index in [0.717, 1.165) is 16.7 Å². The number of nitrogens with two attached hydrogens (primary N) is 1. The second-order valence-electron chi connectivity index (χ2n) is 10.4. The maximum Gasteiger partial charge on any atom is 0.237 e. The average Bonchev–Trinajstić information content (AvgIpc) is 2.98. The normalized spacial score (nSPS) is 23.6. The fourth-order valence-electron chi connectivity index (χ4n) is 4.57. The summed E-state index contributed by atoms with van der Waals surface area (Å²) in [4.78, 5) is 13.0. The molecule has 3 aromatic carbocycles. The molecule has 0 saturated carbocycles. The molecule has 1 amide bonds. The predicted molar refractivity (Wildman–Crippen MR) is 152 cm³/mol. The number of nitrogens with one attached hydrogen (secondary N) is 1. The Morgan fingerprint density at radius 2 is 1.30 bits per heavy atom. The van der Waals surface area contributed by atoms with Gasteiger partial charge in [-0.25, -0.2) is 0 Å². The molecule has 3 aromatic rings. The van der Waals surface area contributed by atoms with Crippen LogP contribution in [-0.2, 0) is 43.6 Å². The van der Waals surface area contributed by atoms with Crippen LogP contribution in [0.15, 0.2) is 91.0 Å². The number of carbonyl (C=O) groups excluding carboxylic acids is 1. The minimum atomic E-state index is -1.36.